The molecule has 5 nitrogen and oxygen atoms in total. The number of carbonyl (C=O) groups is 1. The molecule has 0 saturated carbocycles. The van der Waals surface area contributed by atoms with Crippen molar-refractivity contribution >= 4 is 22.4 Å². The maximum absolute atomic E-state index is 12.3. The lowest BCUT2D eigenvalue weighted by Gasteiger charge is -2.20. The van der Waals surface area contributed by atoms with E-state index in [0.29, 0.717) is 35.4 Å². The Morgan fingerprint density at radius 1 is 1.30 bits per heavy atom. The summed E-state index contributed by atoms with van der Waals surface area (Å²) >= 11 is 1.46. The molecule has 1 amide bonds. The molecule has 6 heteroatoms. The summed E-state index contributed by atoms with van der Waals surface area (Å²) in [5, 5.41) is 3.40. The lowest BCUT2D eigenvalue weighted by atomic mass is 10.1. The number of nitrogens with zero attached hydrogens (tertiary/aromatic N) is 1. The topological polar surface area (TPSA) is 60.5 Å². The highest BCUT2D eigenvalue weighted by Crippen LogP contribution is 2.34. The van der Waals surface area contributed by atoms with E-state index in [0.717, 1.165) is 10.6 Å². The lowest BCUT2D eigenvalue weighted by molar-refractivity contribution is 0.101. The van der Waals surface area contributed by atoms with Gasteiger partial charge in [0.25, 0.3) is 5.91 Å². The van der Waals surface area contributed by atoms with Crippen LogP contribution >= 0.6 is 11.3 Å². The second-order valence-electron chi connectivity index (χ2n) is 4.44. The number of hydrogen-bond acceptors (Lipinski definition) is 5. The van der Waals surface area contributed by atoms with Crippen molar-refractivity contribution in [1.82, 2.24) is 4.98 Å². The Bertz CT molecular complexity index is 647. The largest absolute Gasteiger partial charge is 0.486 e. The van der Waals surface area contributed by atoms with Crippen molar-refractivity contribution in [2.75, 3.05) is 18.5 Å². The minimum atomic E-state index is -0.235. The van der Waals surface area contributed by atoms with E-state index in [1.807, 2.05) is 13.8 Å². The van der Waals surface area contributed by atoms with E-state index in [-0.39, 0.29) is 5.91 Å². The predicted octanol–water partition coefficient (Wildman–Crippen LogP) is 2.78. The Hall–Kier alpha value is -2.08. The fourth-order valence-corrected chi connectivity index (χ4v) is 2.75. The zero-order valence-corrected chi connectivity index (χ0v) is 12.0. The molecule has 0 aliphatic carbocycles. The number of anilines is 1. The molecule has 104 valence electrons. The average Bonchev–Trinajstić information content (AvgIpc) is 2.76. The van der Waals surface area contributed by atoms with Gasteiger partial charge in [-0.1, -0.05) is 6.07 Å². The molecule has 20 heavy (non-hydrogen) atoms. The van der Waals surface area contributed by atoms with Crippen molar-refractivity contribution in [2.45, 2.75) is 13.8 Å². The van der Waals surface area contributed by atoms with Crippen LogP contribution in [0.2, 0.25) is 0 Å². The molecule has 1 aromatic carbocycles. The van der Waals surface area contributed by atoms with Gasteiger partial charge in [0.05, 0.1) is 11.3 Å². The molecule has 0 unspecified atom stereocenters. The van der Waals surface area contributed by atoms with Gasteiger partial charge in [-0.05, 0) is 26.0 Å². The Kier molecular flexibility index (Phi) is 3.31. The second kappa shape index (κ2) is 5.13. The Labute approximate surface area is 120 Å². The summed E-state index contributed by atoms with van der Waals surface area (Å²) in [6.45, 7) is 4.85. The number of para-hydroxylation sites is 1. The van der Waals surface area contributed by atoms with Crippen LogP contribution < -0.4 is 14.8 Å². The third kappa shape index (κ3) is 2.34. The van der Waals surface area contributed by atoms with Crippen molar-refractivity contribution in [3.05, 3.63) is 34.3 Å². The van der Waals surface area contributed by atoms with E-state index < -0.39 is 0 Å². The van der Waals surface area contributed by atoms with E-state index >= 15 is 0 Å². The first-order valence-electron chi connectivity index (χ1n) is 6.29. The van der Waals surface area contributed by atoms with Gasteiger partial charge in [-0.25, -0.2) is 4.98 Å². The molecule has 0 atom stereocenters. The quantitative estimate of drug-likeness (QED) is 0.924. The highest BCUT2D eigenvalue weighted by atomic mass is 32.1. The smallest absolute Gasteiger partial charge is 0.261 e. The van der Waals surface area contributed by atoms with Crippen LogP contribution in [0.25, 0.3) is 0 Å². The molecule has 1 aromatic heterocycles. The molecule has 0 spiro atoms. The van der Waals surface area contributed by atoms with Crippen LogP contribution in [0.5, 0.6) is 11.5 Å². The third-order valence-corrected chi connectivity index (χ3v) is 4.05. The monoisotopic (exact) mass is 290 g/mol. The Balaban J connectivity index is 1.87. The zero-order chi connectivity index (χ0) is 14.1. The molecule has 1 aliphatic rings. The van der Waals surface area contributed by atoms with Gasteiger partial charge in [0.15, 0.2) is 16.6 Å². The van der Waals surface area contributed by atoms with Gasteiger partial charge in [0, 0.05) is 4.88 Å². The first-order valence-corrected chi connectivity index (χ1v) is 7.11. The first-order chi connectivity index (χ1) is 9.65. The van der Waals surface area contributed by atoms with Gasteiger partial charge in [0.1, 0.15) is 13.2 Å². The van der Waals surface area contributed by atoms with Crippen LogP contribution in [-0.2, 0) is 0 Å². The number of benzene rings is 1. The molecule has 0 saturated heterocycles. The molecule has 2 aromatic rings. The highest BCUT2D eigenvalue weighted by molar-refractivity contribution is 7.15. The number of fused-ring (bicyclic) bond motifs is 1. The minimum absolute atomic E-state index is 0.235. The van der Waals surface area contributed by atoms with Crippen molar-refractivity contribution in [3.63, 3.8) is 0 Å². The van der Waals surface area contributed by atoms with E-state index in [2.05, 4.69) is 10.3 Å². The molecule has 1 N–H and O–H groups in total. The summed E-state index contributed by atoms with van der Waals surface area (Å²) in [7, 11) is 0. The molecular formula is C14H14N2O3S. The van der Waals surface area contributed by atoms with E-state index in [1.165, 1.54) is 11.3 Å². The Morgan fingerprint density at radius 3 is 2.85 bits per heavy atom. The lowest BCUT2D eigenvalue weighted by Crippen LogP contribution is -2.20. The highest BCUT2D eigenvalue weighted by Gasteiger charge is 2.21. The second-order valence-corrected chi connectivity index (χ2v) is 5.65. The minimum Gasteiger partial charge on any atom is -0.486 e. The predicted molar refractivity (Wildman–Crippen MR) is 77.0 cm³/mol. The normalized spacial score (nSPS) is 13.1. The molecule has 3 rings (SSSR count). The van der Waals surface area contributed by atoms with E-state index in [1.54, 1.807) is 18.2 Å². The maximum atomic E-state index is 12.3. The summed E-state index contributed by atoms with van der Waals surface area (Å²) in [4.78, 5) is 17.7. The zero-order valence-electron chi connectivity index (χ0n) is 11.2. The van der Waals surface area contributed by atoms with Gasteiger partial charge in [-0.15, -0.1) is 11.3 Å². The van der Waals surface area contributed by atoms with Crippen molar-refractivity contribution < 1.29 is 14.3 Å². The van der Waals surface area contributed by atoms with Crippen LogP contribution in [0.1, 0.15) is 20.9 Å². The summed E-state index contributed by atoms with van der Waals surface area (Å²) < 4.78 is 11.0. The maximum Gasteiger partial charge on any atom is 0.261 e. The van der Waals surface area contributed by atoms with Gasteiger partial charge < -0.3 is 9.47 Å². The van der Waals surface area contributed by atoms with Crippen LogP contribution in [0.4, 0.5) is 5.13 Å². The number of nitrogens with one attached hydrogen (secondary N) is 1. The fourth-order valence-electron chi connectivity index (χ4n) is 1.94. The summed E-state index contributed by atoms with van der Waals surface area (Å²) in [6.07, 6.45) is 0. The van der Waals surface area contributed by atoms with Crippen LogP contribution in [0.3, 0.4) is 0 Å². The van der Waals surface area contributed by atoms with E-state index in [4.69, 9.17) is 9.47 Å². The Morgan fingerprint density at radius 2 is 2.10 bits per heavy atom. The van der Waals surface area contributed by atoms with Crippen LogP contribution in [0.15, 0.2) is 18.2 Å². The van der Waals surface area contributed by atoms with Crippen LogP contribution in [-0.4, -0.2) is 24.1 Å². The molecule has 0 fully saturated rings. The fraction of sp³-hybridized carbons (Fsp3) is 0.286. The summed E-state index contributed by atoms with van der Waals surface area (Å²) in [5.41, 5.74) is 1.40. The molecule has 2 heterocycles. The number of aryl methyl sites for hydroxylation is 2. The number of hydrogen-bond donors (Lipinski definition) is 1. The van der Waals surface area contributed by atoms with Gasteiger partial charge in [0.2, 0.25) is 0 Å². The van der Waals surface area contributed by atoms with Crippen molar-refractivity contribution in [2.24, 2.45) is 0 Å². The first kappa shape index (κ1) is 12.9. The van der Waals surface area contributed by atoms with Crippen LogP contribution in [0, 0.1) is 13.8 Å². The number of ether oxygens (including phenoxy) is 2. The van der Waals surface area contributed by atoms with Gasteiger partial charge >= 0.3 is 0 Å². The standard InChI is InChI=1S/C14H14N2O3S/c1-8-9(2)20-14(15-8)16-13(17)10-4-3-5-11-12(10)19-7-6-18-11/h3-5H,6-7H2,1-2H3,(H,15,16,17). The third-order valence-electron chi connectivity index (χ3n) is 3.06. The molecule has 0 bridgehead atoms. The SMILES string of the molecule is Cc1nc(NC(=O)c2cccc3c2OCCO3)sc1C. The van der Waals surface area contributed by atoms with Gasteiger partial charge in [-0.3, -0.25) is 10.1 Å². The number of carbonyl (C=O) groups excluding carboxylic acids is 1. The van der Waals surface area contributed by atoms with Gasteiger partial charge in [-0.2, -0.15) is 0 Å². The molecule has 1 aliphatic heterocycles. The summed E-state index contributed by atoms with van der Waals surface area (Å²) in [6, 6.07) is 5.29. The number of rotatable bonds is 2. The number of aromatic nitrogens is 1. The average molecular weight is 290 g/mol. The molecular weight excluding hydrogens is 276 g/mol. The van der Waals surface area contributed by atoms with Crippen molar-refractivity contribution in [3.8, 4) is 11.5 Å². The van der Waals surface area contributed by atoms with Crippen molar-refractivity contribution in [1.29, 1.82) is 0 Å². The van der Waals surface area contributed by atoms with E-state index in [9.17, 15) is 4.79 Å². The summed E-state index contributed by atoms with van der Waals surface area (Å²) in [5.74, 6) is 0.873. The molecule has 0 radical (unpaired) electrons. The number of amides is 1. The number of thiazole rings is 1.